The van der Waals surface area contributed by atoms with Gasteiger partial charge in [0.25, 0.3) is 11.8 Å². The summed E-state index contributed by atoms with van der Waals surface area (Å²) in [6.45, 7) is 5.79. The minimum absolute atomic E-state index is 0.125. The van der Waals surface area contributed by atoms with E-state index in [4.69, 9.17) is 0 Å². The maximum atomic E-state index is 12.8. The van der Waals surface area contributed by atoms with E-state index < -0.39 is 17.9 Å². The first-order valence-electron chi connectivity index (χ1n) is 8.70. The number of nitrogens with one attached hydrogen (secondary N) is 1. The van der Waals surface area contributed by atoms with Crippen LogP contribution in [0, 0.1) is 5.92 Å². The van der Waals surface area contributed by atoms with Gasteiger partial charge in [0.2, 0.25) is 5.91 Å². The molecule has 26 heavy (non-hydrogen) atoms. The SMILES string of the molecule is CC(C)CC(NC(=O)C(C)N1C(=O)c2ccccc2C1=O)c1cccs1. The summed E-state index contributed by atoms with van der Waals surface area (Å²) < 4.78 is 0. The van der Waals surface area contributed by atoms with Crippen molar-refractivity contribution in [2.45, 2.75) is 39.3 Å². The zero-order valence-electron chi connectivity index (χ0n) is 15.1. The molecule has 1 aliphatic rings. The zero-order valence-corrected chi connectivity index (χ0v) is 15.9. The molecule has 0 fully saturated rings. The lowest BCUT2D eigenvalue weighted by Gasteiger charge is -2.25. The minimum atomic E-state index is -0.864. The molecule has 0 spiro atoms. The molecule has 0 saturated carbocycles. The minimum Gasteiger partial charge on any atom is -0.347 e. The third kappa shape index (κ3) is 3.42. The predicted octanol–water partition coefficient (Wildman–Crippen LogP) is 3.64. The molecule has 0 saturated heterocycles. The first-order chi connectivity index (χ1) is 12.4. The quantitative estimate of drug-likeness (QED) is 0.790. The summed E-state index contributed by atoms with van der Waals surface area (Å²) in [7, 11) is 0. The van der Waals surface area contributed by atoms with Crippen molar-refractivity contribution in [1.29, 1.82) is 0 Å². The number of hydrogen-bond acceptors (Lipinski definition) is 4. The molecule has 2 heterocycles. The van der Waals surface area contributed by atoms with E-state index in [1.165, 1.54) is 0 Å². The Hall–Kier alpha value is -2.47. The highest BCUT2D eigenvalue weighted by Gasteiger charge is 2.41. The molecule has 2 unspecified atom stereocenters. The number of benzene rings is 1. The van der Waals surface area contributed by atoms with E-state index in [1.807, 2.05) is 17.5 Å². The van der Waals surface area contributed by atoms with Gasteiger partial charge in [-0.3, -0.25) is 19.3 Å². The number of nitrogens with zero attached hydrogens (tertiary/aromatic N) is 1. The van der Waals surface area contributed by atoms with Gasteiger partial charge >= 0.3 is 0 Å². The van der Waals surface area contributed by atoms with Gasteiger partial charge in [-0.2, -0.15) is 0 Å². The molecule has 2 atom stereocenters. The standard InChI is InChI=1S/C20H22N2O3S/c1-12(2)11-16(17-9-6-10-26-17)21-18(23)13(3)22-19(24)14-7-4-5-8-15(14)20(22)25/h4-10,12-13,16H,11H2,1-3H3,(H,21,23). The van der Waals surface area contributed by atoms with Crippen LogP contribution in [-0.4, -0.2) is 28.7 Å². The maximum absolute atomic E-state index is 12.8. The second-order valence-electron chi connectivity index (χ2n) is 6.91. The van der Waals surface area contributed by atoms with Crippen LogP contribution in [0.5, 0.6) is 0 Å². The van der Waals surface area contributed by atoms with Crippen molar-refractivity contribution in [3.05, 3.63) is 57.8 Å². The second-order valence-corrected chi connectivity index (χ2v) is 7.89. The van der Waals surface area contributed by atoms with E-state index in [1.54, 1.807) is 42.5 Å². The highest BCUT2D eigenvalue weighted by Crippen LogP contribution is 2.27. The van der Waals surface area contributed by atoms with Gasteiger partial charge in [0.05, 0.1) is 17.2 Å². The van der Waals surface area contributed by atoms with Crippen LogP contribution in [-0.2, 0) is 4.79 Å². The van der Waals surface area contributed by atoms with Crippen molar-refractivity contribution >= 4 is 29.1 Å². The summed E-state index contributed by atoms with van der Waals surface area (Å²) in [6, 6.07) is 9.62. The Morgan fingerprint density at radius 3 is 2.15 bits per heavy atom. The molecule has 2 aromatic rings. The fourth-order valence-electron chi connectivity index (χ4n) is 3.18. The van der Waals surface area contributed by atoms with Crippen molar-refractivity contribution in [3.63, 3.8) is 0 Å². The van der Waals surface area contributed by atoms with Crippen LogP contribution in [0.2, 0.25) is 0 Å². The van der Waals surface area contributed by atoms with Gasteiger partial charge < -0.3 is 5.32 Å². The predicted molar refractivity (Wildman–Crippen MR) is 101 cm³/mol. The molecule has 1 aliphatic heterocycles. The Kier molecular flexibility index (Phi) is 5.23. The Morgan fingerprint density at radius 2 is 1.65 bits per heavy atom. The summed E-state index contributed by atoms with van der Waals surface area (Å²) in [4.78, 5) is 40.1. The zero-order chi connectivity index (χ0) is 18.8. The summed E-state index contributed by atoms with van der Waals surface area (Å²) in [5, 5.41) is 5.00. The van der Waals surface area contributed by atoms with Crippen LogP contribution in [0.25, 0.3) is 0 Å². The fourth-order valence-corrected chi connectivity index (χ4v) is 3.97. The number of hydrogen-bond donors (Lipinski definition) is 1. The largest absolute Gasteiger partial charge is 0.347 e. The first kappa shape index (κ1) is 18.3. The lowest BCUT2D eigenvalue weighted by Crippen LogP contribution is -2.48. The van der Waals surface area contributed by atoms with E-state index in [2.05, 4.69) is 19.2 Å². The number of imide groups is 1. The van der Waals surface area contributed by atoms with Gasteiger partial charge in [0.15, 0.2) is 0 Å². The topological polar surface area (TPSA) is 66.5 Å². The molecule has 3 rings (SSSR count). The van der Waals surface area contributed by atoms with Gasteiger partial charge in [-0.05, 0) is 42.8 Å². The normalized spacial score (nSPS) is 15.9. The molecule has 5 nitrogen and oxygen atoms in total. The van der Waals surface area contributed by atoms with E-state index in [0.29, 0.717) is 17.0 Å². The van der Waals surface area contributed by atoms with Crippen molar-refractivity contribution in [2.75, 3.05) is 0 Å². The lowest BCUT2D eigenvalue weighted by molar-refractivity contribution is -0.125. The third-order valence-electron chi connectivity index (χ3n) is 4.50. The number of amides is 3. The lowest BCUT2D eigenvalue weighted by atomic mass is 10.0. The Morgan fingerprint density at radius 1 is 1.04 bits per heavy atom. The summed E-state index contributed by atoms with van der Waals surface area (Å²) >= 11 is 1.59. The van der Waals surface area contributed by atoms with Gasteiger partial charge in [-0.25, -0.2) is 0 Å². The first-order valence-corrected chi connectivity index (χ1v) is 9.58. The molecular weight excluding hydrogens is 348 g/mol. The Labute approximate surface area is 157 Å². The number of fused-ring (bicyclic) bond motifs is 1. The molecule has 0 bridgehead atoms. The highest BCUT2D eigenvalue weighted by atomic mass is 32.1. The number of rotatable bonds is 6. The second kappa shape index (κ2) is 7.41. The van der Waals surface area contributed by atoms with Crippen molar-refractivity contribution in [1.82, 2.24) is 10.2 Å². The summed E-state index contributed by atoms with van der Waals surface area (Å²) in [5.41, 5.74) is 0.711. The number of carbonyl (C=O) groups is 3. The van der Waals surface area contributed by atoms with E-state index in [0.717, 1.165) is 16.2 Å². The van der Waals surface area contributed by atoms with Crippen molar-refractivity contribution in [2.24, 2.45) is 5.92 Å². The van der Waals surface area contributed by atoms with E-state index in [9.17, 15) is 14.4 Å². The average molecular weight is 370 g/mol. The maximum Gasteiger partial charge on any atom is 0.262 e. The molecule has 0 radical (unpaired) electrons. The van der Waals surface area contributed by atoms with Crippen LogP contribution in [0.3, 0.4) is 0 Å². The van der Waals surface area contributed by atoms with Gasteiger partial charge in [0.1, 0.15) is 6.04 Å². The third-order valence-corrected chi connectivity index (χ3v) is 5.49. The molecule has 6 heteroatoms. The van der Waals surface area contributed by atoms with E-state index >= 15 is 0 Å². The molecule has 1 aromatic heterocycles. The monoisotopic (exact) mass is 370 g/mol. The molecule has 136 valence electrons. The molecule has 0 aliphatic carbocycles. The van der Waals surface area contributed by atoms with Gasteiger partial charge in [-0.1, -0.05) is 32.0 Å². The molecule has 3 amide bonds. The number of carbonyl (C=O) groups excluding carboxylic acids is 3. The average Bonchev–Trinajstić information content (AvgIpc) is 3.22. The van der Waals surface area contributed by atoms with Crippen LogP contribution < -0.4 is 5.32 Å². The smallest absolute Gasteiger partial charge is 0.262 e. The van der Waals surface area contributed by atoms with Gasteiger partial charge in [-0.15, -0.1) is 11.3 Å². The van der Waals surface area contributed by atoms with Crippen molar-refractivity contribution in [3.8, 4) is 0 Å². The van der Waals surface area contributed by atoms with Crippen molar-refractivity contribution < 1.29 is 14.4 Å². The molecule has 1 N–H and O–H groups in total. The van der Waals surface area contributed by atoms with E-state index in [-0.39, 0.29) is 11.9 Å². The molecular formula is C20H22N2O3S. The fraction of sp³-hybridized carbons (Fsp3) is 0.350. The summed E-state index contributed by atoms with van der Waals surface area (Å²) in [6.07, 6.45) is 0.793. The summed E-state index contributed by atoms with van der Waals surface area (Å²) in [5.74, 6) is -0.745. The Balaban J connectivity index is 1.77. The highest BCUT2D eigenvalue weighted by molar-refractivity contribution is 7.10. The van der Waals surface area contributed by atoms with Gasteiger partial charge in [0, 0.05) is 4.88 Å². The molecule has 1 aromatic carbocycles. The van der Waals surface area contributed by atoms with Crippen LogP contribution in [0.4, 0.5) is 0 Å². The van der Waals surface area contributed by atoms with Crippen LogP contribution in [0.15, 0.2) is 41.8 Å². The Bertz CT molecular complexity index is 794. The van der Waals surface area contributed by atoms with Crippen LogP contribution in [0.1, 0.15) is 58.8 Å². The van der Waals surface area contributed by atoms with Crippen LogP contribution >= 0.6 is 11.3 Å². The number of thiophene rings is 1.